The maximum absolute atomic E-state index is 11.3. The number of carbonyl (C=O) groups excluding carboxylic acids is 1. The lowest BCUT2D eigenvalue weighted by atomic mass is 9.65. The van der Waals surface area contributed by atoms with Crippen molar-refractivity contribution in [3.8, 4) is 0 Å². The van der Waals surface area contributed by atoms with Gasteiger partial charge in [0.2, 0.25) is 5.91 Å². The number of hydrogen-bond acceptors (Lipinski definition) is 2. The van der Waals surface area contributed by atoms with Crippen molar-refractivity contribution in [3.63, 3.8) is 0 Å². The first kappa shape index (κ1) is 9.97. The third-order valence-electron chi connectivity index (χ3n) is 3.68. The van der Waals surface area contributed by atoms with Crippen molar-refractivity contribution in [3.05, 3.63) is 0 Å². The van der Waals surface area contributed by atoms with Crippen molar-refractivity contribution < 1.29 is 4.79 Å². The number of nitrogens with two attached hydrogens (primary N) is 1. The average molecular weight is 196 g/mol. The minimum Gasteiger partial charge on any atom is -0.353 e. The van der Waals surface area contributed by atoms with Crippen LogP contribution in [0.25, 0.3) is 0 Å². The maximum Gasteiger partial charge on any atom is 0.220 e. The van der Waals surface area contributed by atoms with Crippen molar-refractivity contribution >= 4 is 5.91 Å². The average Bonchev–Trinajstić information content (AvgIpc) is 2.00. The molecule has 0 unspecified atom stereocenters. The number of nitrogens with one attached hydrogen (secondary N) is 1. The second-order valence-corrected chi connectivity index (χ2v) is 5.61. The lowest BCUT2D eigenvalue weighted by Crippen LogP contribution is -2.57. The Hall–Kier alpha value is -0.570. The third-order valence-corrected chi connectivity index (χ3v) is 3.68. The van der Waals surface area contributed by atoms with E-state index in [4.69, 9.17) is 5.73 Å². The molecule has 2 aliphatic rings. The molecule has 1 saturated carbocycles. The monoisotopic (exact) mass is 196 g/mol. The van der Waals surface area contributed by atoms with Crippen molar-refractivity contribution in [2.45, 2.75) is 51.6 Å². The molecule has 1 aliphatic carbocycles. The Morgan fingerprint density at radius 1 is 1.43 bits per heavy atom. The molecule has 0 bridgehead atoms. The minimum atomic E-state index is 0.205. The van der Waals surface area contributed by atoms with Crippen molar-refractivity contribution in [2.75, 3.05) is 0 Å². The number of amides is 1. The molecule has 3 heteroatoms. The van der Waals surface area contributed by atoms with Crippen LogP contribution in [0.4, 0.5) is 0 Å². The standard InChI is InChI=1S/C11H20N2O/c1-11(2)5-8(12)7-3-4-10(14)13-9(7)6-11/h7-9H,3-6,12H2,1-2H3,(H,13,14)/t7-,8-,9-/m1/s1. The van der Waals surface area contributed by atoms with Gasteiger partial charge < -0.3 is 11.1 Å². The molecule has 80 valence electrons. The fourth-order valence-electron chi connectivity index (χ4n) is 3.07. The quantitative estimate of drug-likeness (QED) is 0.608. The van der Waals surface area contributed by atoms with Crippen LogP contribution in [0.15, 0.2) is 0 Å². The summed E-state index contributed by atoms with van der Waals surface area (Å²) in [5, 5.41) is 3.09. The van der Waals surface area contributed by atoms with Crippen LogP contribution < -0.4 is 11.1 Å². The van der Waals surface area contributed by atoms with Crippen LogP contribution in [-0.2, 0) is 4.79 Å². The number of rotatable bonds is 0. The molecule has 1 aliphatic heterocycles. The van der Waals surface area contributed by atoms with Gasteiger partial charge in [-0.05, 0) is 30.6 Å². The molecule has 1 saturated heterocycles. The Morgan fingerprint density at radius 2 is 2.14 bits per heavy atom. The molecule has 2 rings (SSSR count). The van der Waals surface area contributed by atoms with Gasteiger partial charge in [0, 0.05) is 18.5 Å². The molecule has 0 radical (unpaired) electrons. The van der Waals surface area contributed by atoms with E-state index in [0.29, 0.717) is 18.4 Å². The summed E-state index contributed by atoms with van der Waals surface area (Å²) in [6, 6.07) is 0.597. The molecule has 0 aromatic carbocycles. The molecule has 1 heterocycles. The molecule has 2 fully saturated rings. The highest BCUT2D eigenvalue weighted by Gasteiger charge is 2.42. The number of carbonyl (C=O) groups is 1. The molecule has 3 N–H and O–H groups in total. The molecule has 0 aromatic heterocycles. The first-order valence-electron chi connectivity index (χ1n) is 5.53. The molecule has 0 spiro atoms. The van der Waals surface area contributed by atoms with Gasteiger partial charge in [0.25, 0.3) is 0 Å². The van der Waals surface area contributed by atoms with Crippen LogP contribution in [0.2, 0.25) is 0 Å². The lowest BCUT2D eigenvalue weighted by molar-refractivity contribution is -0.125. The van der Waals surface area contributed by atoms with Gasteiger partial charge in [-0.1, -0.05) is 13.8 Å². The topological polar surface area (TPSA) is 55.1 Å². The summed E-state index contributed by atoms with van der Waals surface area (Å²) in [5.74, 6) is 0.719. The molecule has 3 atom stereocenters. The molecule has 14 heavy (non-hydrogen) atoms. The normalized spacial score (nSPS) is 41.4. The van der Waals surface area contributed by atoms with Crippen molar-refractivity contribution in [1.29, 1.82) is 0 Å². The number of fused-ring (bicyclic) bond motifs is 1. The van der Waals surface area contributed by atoms with Gasteiger partial charge in [-0.15, -0.1) is 0 Å². The van der Waals surface area contributed by atoms with Crippen LogP contribution in [0.5, 0.6) is 0 Å². The second-order valence-electron chi connectivity index (χ2n) is 5.61. The minimum absolute atomic E-state index is 0.205. The summed E-state index contributed by atoms with van der Waals surface area (Å²) >= 11 is 0. The predicted molar refractivity (Wildman–Crippen MR) is 55.6 cm³/mol. The first-order chi connectivity index (χ1) is 6.48. The second kappa shape index (κ2) is 3.23. The molecular weight excluding hydrogens is 176 g/mol. The van der Waals surface area contributed by atoms with E-state index >= 15 is 0 Å². The highest BCUT2D eigenvalue weighted by Crippen LogP contribution is 2.40. The van der Waals surface area contributed by atoms with E-state index in [1.54, 1.807) is 0 Å². The fourth-order valence-corrected chi connectivity index (χ4v) is 3.07. The SMILES string of the molecule is CC1(C)C[C@@H](N)[C@H]2CCC(=O)N[C@@H]2C1. The fraction of sp³-hybridized carbons (Fsp3) is 0.909. The zero-order chi connectivity index (χ0) is 10.3. The highest BCUT2D eigenvalue weighted by atomic mass is 16.1. The van der Waals surface area contributed by atoms with Gasteiger partial charge in [-0.3, -0.25) is 4.79 Å². The van der Waals surface area contributed by atoms with Gasteiger partial charge >= 0.3 is 0 Å². The summed E-state index contributed by atoms with van der Waals surface area (Å²) in [6.45, 7) is 4.48. The summed E-state index contributed by atoms with van der Waals surface area (Å²) in [4.78, 5) is 11.3. The van der Waals surface area contributed by atoms with E-state index in [-0.39, 0.29) is 17.4 Å². The van der Waals surface area contributed by atoms with E-state index in [1.165, 1.54) is 0 Å². The lowest BCUT2D eigenvalue weighted by Gasteiger charge is -2.46. The van der Waals surface area contributed by atoms with Crippen LogP contribution >= 0.6 is 0 Å². The number of hydrogen-bond donors (Lipinski definition) is 2. The highest BCUT2D eigenvalue weighted by molar-refractivity contribution is 5.77. The van der Waals surface area contributed by atoms with Crippen LogP contribution in [0, 0.1) is 11.3 Å². The van der Waals surface area contributed by atoms with Gasteiger partial charge in [0.15, 0.2) is 0 Å². The zero-order valence-corrected chi connectivity index (χ0v) is 9.05. The van der Waals surface area contributed by atoms with Gasteiger partial charge in [0.1, 0.15) is 0 Å². The van der Waals surface area contributed by atoms with E-state index in [0.717, 1.165) is 19.3 Å². The Morgan fingerprint density at radius 3 is 2.86 bits per heavy atom. The summed E-state index contributed by atoms with van der Waals surface area (Å²) in [6.07, 6.45) is 3.81. The third kappa shape index (κ3) is 1.78. The summed E-state index contributed by atoms with van der Waals surface area (Å²) < 4.78 is 0. The first-order valence-corrected chi connectivity index (χ1v) is 5.53. The van der Waals surface area contributed by atoms with E-state index < -0.39 is 0 Å². The zero-order valence-electron chi connectivity index (χ0n) is 9.05. The smallest absolute Gasteiger partial charge is 0.220 e. The van der Waals surface area contributed by atoms with Crippen molar-refractivity contribution in [2.24, 2.45) is 17.1 Å². The predicted octanol–water partition coefficient (Wildman–Crippen LogP) is 1.03. The van der Waals surface area contributed by atoms with E-state index in [9.17, 15) is 4.79 Å². The van der Waals surface area contributed by atoms with Crippen LogP contribution in [-0.4, -0.2) is 18.0 Å². The van der Waals surface area contributed by atoms with E-state index in [2.05, 4.69) is 19.2 Å². The Balaban J connectivity index is 2.11. The Labute approximate surface area is 85.4 Å². The van der Waals surface area contributed by atoms with Crippen molar-refractivity contribution in [1.82, 2.24) is 5.32 Å². The largest absolute Gasteiger partial charge is 0.353 e. The number of piperidine rings is 1. The molecule has 1 amide bonds. The Bertz CT molecular complexity index is 250. The summed E-state index contributed by atoms with van der Waals surface area (Å²) in [5.41, 5.74) is 6.44. The molecular formula is C11H20N2O. The van der Waals surface area contributed by atoms with E-state index in [1.807, 2.05) is 0 Å². The van der Waals surface area contributed by atoms with Gasteiger partial charge in [-0.25, -0.2) is 0 Å². The van der Waals surface area contributed by atoms with Crippen LogP contribution in [0.1, 0.15) is 39.5 Å². The maximum atomic E-state index is 11.3. The van der Waals surface area contributed by atoms with Crippen LogP contribution in [0.3, 0.4) is 0 Å². The Kier molecular flexibility index (Phi) is 2.30. The van der Waals surface area contributed by atoms with Gasteiger partial charge in [-0.2, -0.15) is 0 Å². The molecule has 3 nitrogen and oxygen atoms in total. The van der Waals surface area contributed by atoms with Gasteiger partial charge in [0.05, 0.1) is 0 Å². The summed E-state index contributed by atoms with van der Waals surface area (Å²) in [7, 11) is 0. The molecule has 0 aromatic rings.